The first-order valence-electron chi connectivity index (χ1n) is 9.08. The number of ether oxygens (including phenoxy) is 1. The van der Waals surface area contributed by atoms with Crippen LogP contribution in [-0.2, 0) is 9.59 Å². The summed E-state index contributed by atoms with van der Waals surface area (Å²) < 4.78 is 18.5. The number of hydrogen-bond donors (Lipinski definition) is 1. The molecule has 3 rings (SSSR count). The lowest BCUT2D eigenvalue weighted by molar-refractivity contribution is -0.123. The van der Waals surface area contributed by atoms with Gasteiger partial charge in [0.1, 0.15) is 0 Å². The van der Waals surface area contributed by atoms with Crippen LogP contribution in [0.25, 0.3) is 12.2 Å². The highest BCUT2D eigenvalue weighted by molar-refractivity contribution is 8.18. The summed E-state index contributed by atoms with van der Waals surface area (Å²) in [6, 6.07) is 13.6. The van der Waals surface area contributed by atoms with E-state index in [9.17, 15) is 18.8 Å². The first kappa shape index (κ1) is 21.3. The van der Waals surface area contributed by atoms with Crippen molar-refractivity contribution in [1.82, 2.24) is 10.2 Å². The van der Waals surface area contributed by atoms with E-state index >= 15 is 0 Å². The summed E-state index contributed by atoms with van der Waals surface area (Å²) >= 11 is 0.873. The maximum Gasteiger partial charge on any atom is 0.293 e. The molecule has 2 aromatic carbocycles. The molecule has 0 aliphatic carbocycles. The molecule has 154 valence electrons. The third kappa shape index (κ3) is 5.36. The number of amides is 3. The van der Waals surface area contributed by atoms with Crippen LogP contribution >= 0.6 is 11.8 Å². The zero-order valence-electron chi connectivity index (χ0n) is 16.1. The van der Waals surface area contributed by atoms with Crippen molar-refractivity contribution in [2.45, 2.75) is 0 Å². The smallest absolute Gasteiger partial charge is 0.293 e. The molecule has 0 bridgehead atoms. The van der Waals surface area contributed by atoms with Gasteiger partial charge in [0.25, 0.3) is 11.1 Å². The standard InChI is InChI=1S/C22H19FN2O4S/c1-29-18-9-7-16(13-17(18)23)8-10-20(26)24-11-12-25-21(27)19(30-22(25)28)14-15-5-3-2-4-6-15/h2-10,13-14H,11-12H2,1H3,(H,24,26)/b10-8+,19-14-. The lowest BCUT2D eigenvalue weighted by Gasteiger charge is -2.12. The largest absolute Gasteiger partial charge is 0.494 e. The Kier molecular flexibility index (Phi) is 7.03. The Morgan fingerprint density at radius 2 is 1.93 bits per heavy atom. The summed E-state index contributed by atoms with van der Waals surface area (Å²) in [5.74, 6) is -1.21. The van der Waals surface area contributed by atoms with Gasteiger partial charge in [-0.2, -0.15) is 0 Å². The highest BCUT2D eigenvalue weighted by atomic mass is 32.2. The molecule has 0 saturated carbocycles. The van der Waals surface area contributed by atoms with E-state index in [0.717, 1.165) is 22.2 Å². The van der Waals surface area contributed by atoms with Gasteiger partial charge in [-0.25, -0.2) is 4.39 Å². The molecule has 1 N–H and O–H groups in total. The van der Waals surface area contributed by atoms with Crippen molar-refractivity contribution in [1.29, 1.82) is 0 Å². The molecular formula is C22H19FN2O4S. The molecule has 0 aromatic heterocycles. The van der Waals surface area contributed by atoms with Crippen LogP contribution < -0.4 is 10.1 Å². The predicted octanol–water partition coefficient (Wildman–Crippen LogP) is 3.70. The van der Waals surface area contributed by atoms with Gasteiger partial charge in [0.2, 0.25) is 5.91 Å². The Morgan fingerprint density at radius 1 is 1.17 bits per heavy atom. The van der Waals surface area contributed by atoms with Gasteiger partial charge >= 0.3 is 0 Å². The van der Waals surface area contributed by atoms with Gasteiger partial charge in [-0.15, -0.1) is 0 Å². The summed E-state index contributed by atoms with van der Waals surface area (Å²) in [5.41, 5.74) is 1.33. The molecule has 1 fully saturated rings. The summed E-state index contributed by atoms with van der Waals surface area (Å²) in [6.45, 7) is 0.171. The number of carbonyl (C=O) groups excluding carboxylic acids is 3. The minimum atomic E-state index is -0.525. The van der Waals surface area contributed by atoms with Gasteiger partial charge in [0.15, 0.2) is 11.6 Å². The lowest BCUT2D eigenvalue weighted by Crippen LogP contribution is -2.36. The van der Waals surface area contributed by atoms with Crippen molar-refractivity contribution in [2.24, 2.45) is 0 Å². The zero-order chi connectivity index (χ0) is 21.5. The fourth-order valence-corrected chi connectivity index (χ4v) is 3.57. The van der Waals surface area contributed by atoms with Crippen molar-refractivity contribution in [3.05, 3.63) is 76.5 Å². The molecule has 0 atom stereocenters. The highest BCUT2D eigenvalue weighted by Crippen LogP contribution is 2.31. The number of carbonyl (C=O) groups is 3. The average molecular weight is 426 g/mol. The Morgan fingerprint density at radius 3 is 2.63 bits per heavy atom. The Bertz CT molecular complexity index is 1020. The van der Waals surface area contributed by atoms with E-state index in [1.807, 2.05) is 30.3 Å². The maximum absolute atomic E-state index is 13.7. The number of hydrogen-bond acceptors (Lipinski definition) is 5. The topological polar surface area (TPSA) is 75.7 Å². The van der Waals surface area contributed by atoms with E-state index in [1.165, 1.54) is 31.4 Å². The lowest BCUT2D eigenvalue weighted by atomic mass is 10.2. The Labute approximate surface area is 177 Å². The SMILES string of the molecule is COc1ccc(/C=C/C(=O)NCCN2C(=O)S/C(=C\c3ccccc3)C2=O)cc1F. The number of methoxy groups -OCH3 is 1. The normalized spacial score (nSPS) is 15.3. The van der Waals surface area contributed by atoms with Crippen LogP contribution in [0.3, 0.4) is 0 Å². The second kappa shape index (κ2) is 9.89. The monoisotopic (exact) mass is 426 g/mol. The molecule has 0 spiro atoms. The number of rotatable bonds is 7. The second-order valence-corrected chi connectivity index (χ2v) is 7.26. The van der Waals surface area contributed by atoms with Gasteiger partial charge in [0, 0.05) is 19.2 Å². The third-order valence-corrected chi connectivity index (χ3v) is 5.12. The van der Waals surface area contributed by atoms with Gasteiger partial charge in [-0.05, 0) is 47.2 Å². The van der Waals surface area contributed by atoms with Crippen molar-refractivity contribution >= 4 is 41.0 Å². The number of nitrogens with one attached hydrogen (secondary N) is 1. The maximum atomic E-state index is 13.7. The molecule has 1 heterocycles. The van der Waals surface area contributed by atoms with Gasteiger partial charge in [-0.3, -0.25) is 19.3 Å². The van der Waals surface area contributed by atoms with Crippen molar-refractivity contribution in [3.8, 4) is 5.75 Å². The van der Waals surface area contributed by atoms with Crippen LogP contribution in [0.2, 0.25) is 0 Å². The zero-order valence-corrected chi connectivity index (χ0v) is 16.9. The van der Waals surface area contributed by atoms with Crippen molar-refractivity contribution < 1.29 is 23.5 Å². The molecule has 6 nitrogen and oxygen atoms in total. The molecule has 3 amide bonds. The third-order valence-electron chi connectivity index (χ3n) is 4.21. The molecule has 30 heavy (non-hydrogen) atoms. The van der Waals surface area contributed by atoms with E-state index in [2.05, 4.69) is 5.32 Å². The van der Waals surface area contributed by atoms with Crippen molar-refractivity contribution in [3.63, 3.8) is 0 Å². The van der Waals surface area contributed by atoms with Crippen LogP contribution in [0.4, 0.5) is 9.18 Å². The van der Waals surface area contributed by atoms with Crippen LogP contribution in [0.5, 0.6) is 5.75 Å². The molecule has 0 unspecified atom stereocenters. The number of imide groups is 1. The molecule has 8 heteroatoms. The van der Waals surface area contributed by atoms with E-state index in [-0.39, 0.29) is 30.0 Å². The first-order valence-corrected chi connectivity index (χ1v) is 9.89. The Hall–Kier alpha value is -3.39. The van der Waals surface area contributed by atoms with Crippen LogP contribution in [0, 0.1) is 5.82 Å². The Balaban J connectivity index is 1.51. The predicted molar refractivity (Wildman–Crippen MR) is 114 cm³/mol. The molecule has 0 radical (unpaired) electrons. The molecular weight excluding hydrogens is 407 g/mol. The molecule has 1 aliphatic heterocycles. The summed E-state index contributed by atoms with van der Waals surface area (Å²) in [5, 5.41) is 2.23. The fourth-order valence-electron chi connectivity index (χ4n) is 2.70. The number of thioether (sulfide) groups is 1. The molecule has 2 aromatic rings. The summed E-state index contributed by atoms with van der Waals surface area (Å²) in [6.07, 6.45) is 4.38. The summed E-state index contributed by atoms with van der Waals surface area (Å²) in [4.78, 5) is 37.9. The quantitative estimate of drug-likeness (QED) is 0.684. The van der Waals surface area contributed by atoms with E-state index in [4.69, 9.17) is 4.74 Å². The number of halogens is 1. The van der Waals surface area contributed by atoms with Crippen molar-refractivity contribution in [2.75, 3.05) is 20.2 Å². The van der Waals surface area contributed by atoms with Crippen LogP contribution in [-0.4, -0.2) is 42.2 Å². The van der Waals surface area contributed by atoms with E-state index in [0.29, 0.717) is 10.5 Å². The van der Waals surface area contributed by atoms with Gasteiger partial charge < -0.3 is 10.1 Å². The minimum Gasteiger partial charge on any atom is -0.494 e. The van der Waals surface area contributed by atoms with Gasteiger partial charge in [-0.1, -0.05) is 36.4 Å². The highest BCUT2D eigenvalue weighted by Gasteiger charge is 2.34. The molecule has 1 saturated heterocycles. The summed E-state index contributed by atoms with van der Waals surface area (Å²) in [7, 11) is 1.37. The van der Waals surface area contributed by atoms with Crippen LogP contribution in [0.15, 0.2) is 59.5 Å². The van der Waals surface area contributed by atoms with E-state index < -0.39 is 11.7 Å². The number of nitrogens with zero attached hydrogens (tertiary/aromatic N) is 1. The molecule has 1 aliphatic rings. The van der Waals surface area contributed by atoms with E-state index in [1.54, 1.807) is 12.1 Å². The second-order valence-electron chi connectivity index (χ2n) is 6.26. The minimum absolute atomic E-state index is 0.0630. The van der Waals surface area contributed by atoms with Gasteiger partial charge in [0.05, 0.1) is 12.0 Å². The number of benzene rings is 2. The fraction of sp³-hybridized carbons (Fsp3) is 0.136. The average Bonchev–Trinajstić information content (AvgIpc) is 3.00. The van der Waals surface area contributed by atoms with Crippen LogP contribution in [0.1, 0.15) is 11.1 Å². The first-order chi connectivity index (χ1) is 14.5.